The van der Waals surface area contributed by atoms with Crippen LogP contribution in [-0.2, 0) is 4.79 Å². The van der Waals surface area contributed by atoms with E-state index >= 15 is 0 Å². The van der Waals surface area contributed by atoms with Gasteiger partial charge in [-0.05, 0) is 31.8 Å². The van der Waals surface area contributed by atoms with Gasteiger partial charge in [0.25, 0.3) is 0 Å². The molecule has 0 amide bonds. The smallest absolute Gasteiger partial charge is 0.158 e. The Kier molecular flexibility index (Phi) is 3.24. The molecule has 0 heterocycles. The van der Waals surface area contributed by atoms with E-state index in [4.69, 9.17) is 0 Å². The molecule has 1 atom stereocenters. The molecule has 1 unspecified atom stereocenters. The van der Waals surface area contributed by atoms with E-state index in [1.54, 1.807) is 0 Å². The average Bonchev–Trinajstić information content (AvgIpc) is 2.07. The molecule has 0 bridgehead atoms. The Labute approximate surface area is 79.8 Å². The van der Waals surface area contributed by atoms with Gasteiger partial charge in [-0.2, -0.15) is 0 Å². The summed E-state index contributed by atoms with van der Waals surface area (Å²) < 4.78 is 0. The molecule has 1 aliphatic carbocycles. The molecule has 0 aromatic rings. The molecular weight excluding hydrogens is 160 g/mol. The average molecular weight is 176 g/mol. The molecule has 1 heteroatoms. The number of rotatable bonds is 2. The zero-order chi connectivity index (χ0) is 9.84. The number of Topliss-reactive ketones (excluding diaryl/α,β-unsaturated/α-hetero) is 1. The van der Waals surface area contributed by atoms with Crippen molar-refractivity contribution < 1.29 is 4.79 Å². The highest BCUT2D eigenvalue weighted by Crippen LogP contribution is 2.21. The first-order valence-electron chi connectivity index (χ1n) is 4.63. The van der Waals surface area contributed by atoms with Crippen LogP contribution >= 0.6 is 0 Å². The number of hydrogen-bond donors (Lipinski definition) is 0. The zero-order valence-corrected chi connectivity index (χ0v) is 8.34. The Hall–Kier alpha value is -1.11. The first-order valence-corrected chi connectivity index (χ1v) is 4.63. The first kappa shape index (κ1) is 9.97. The second-order valence-corrected chi connectivity index (χ2v) is 3.72. The maximum Gasteiger partial charge on any atom is 0.158 e. The van der Waals surface area contributed by atoms with Crippen molar-refractivity contribution in [1.29, 1.82) is 0 Å². The first-order chi connectivity index (χ1) is 6.09. The number of carbonyl (C=O) groups excluding carboxylic acids is 1. The van der Waals surface area contributed by atoms with E-state index in [1.807, 2.05) is 26.0 Å². The molecule has 0 saturated heterocycles. The molecule has 1 aliphatic rings. The van der Waals surface area contributed by atoms with Gasteiger partial charge in [0.05, 0.1) is 0 Å². The highest BCUT2D eigenvalue weighted by atomic mass is 16.1. The lowest BCUT2D eigenvalue weighted by atomic mass is 9.89. The minimum atomic E-state index is 0.280. The van der Waals surface area contributed by atoms with Crippen molar-refractivity contribution in [3.8, 4) is 0 Å². The van der Waals surface area contributed by atoms with E-state index in [0.29, 0.717) is 12.3 Å². The van der Waals surface area contributed by atoms with Gasteiger partial charge in [-0.25, -0.2) is 0 Å². The summed E-state index contributed by atoms with van der Waals surface area (Å²) >= 11 is 0. The van der Waals surface area contributed by atoms with Crippen LogP contribution in [0.15, 0.2) is 36.0 Å². The van der Waals surface area contributed by atoms with Gasteiger partial charge in [0.2, 0.25) is 0 Å². The van der Waals surface area contributed by atoms with Crippen LogP contribution in [0, 0.1) is 5.92 Å². The van der Waals surface area contributed by atoms with Gasteiger partial charge in [0.15, 0.2) is 5.78 Å². The van der Waals surface area contributed by atoms with Gasteiger partial charge in [0, 0.05) is 6.42 Å². The number of carbonyl (C=O) groups is 1. The Morgan fingerprint density at radius 3 is 2.92 bits per heavy atom. The van der Waals surface area contributed by atoms with E-state index in [0.717, 1.165) is 17.6 Å². The third-order valence-electron chi connectivity index (χ3n) is 2.27. The van der Waals surface area contributed by atoms with Crippen LogP contribution in [0.1, 0.15) is 26.7 Å². The lowest BCUT2D eigenvalue weighted by molar-refractivity contribution is -0.116. The van der Waals surface area contributed by atoms with Crippen LogP contribution in [0.4, 0.5) is 0 Å². The maximum atomic E-state index is 11.3. The van der Waals surface area contributed by atoms with Crippen molar-refractivity contribution in [3.63, 3.8) is 0 Å². The van der Waals surface area contributed by atoms with Crippen molar-refractivity contribution >= 4 is 5.78 Å². The summed E-state index contributed by atoms with van der Waals surface area (Å²) in [4.78, 5) is 11.3. The van der Waals surface area contributed by atoms with Gasteiger partial charge >= 0.3 is 0 Å². The van der Waals surface area contributed by atoms with Crippen molar-refractivity contribution in [2.45, 2.75) is 26.7 Å². The summed E-state index contributed by atoms with van der Waals surface area (Å²) in [6.45, 7) is 7.64. The molecule has 0 spiro atoms. The predicted octanol–water partition coefficient (Wildman–Crippen LogP) is 3.04. The molecule has 0 aromatic heterocycles. The molecule has 0 fully saturated rings. The topological polar surface area (TPSA) is 17.1 Å². The molecule has 13 heavy (non-hydrogen) atoms. The third kappa shape index (κ3) is 3.02. The van der Waals surface area contributed by atoms with Crippen molar-refractivity contribution in [2.24, 2.45) is 5.92 Å². The van der Waals surface area contributed by atoms with Crippen molar-refractivity contribution in [2.75, 3.05) is 0 Å². The highest BCUT2D eigenvalue weighted by Gasteiger charge is 2.16. The maximum absolute atomic E-state index is 11.3. The van der Waals surface area contributed by atoms with Crippen LogP contribution in [0.5, 0.6) is 0 Å². The van der Waals surface area contributed by atoms with E-state index < -0.39 is 0 Å². The second-order valence-electron chi connectivity index (χ2n) is 3.72. The van der Waals surface area contributed by atoms with Gasteiger partial charge in [0.1, 0.15) is 0 Å². The molecular formula is C12H16O. The minimum Gasteiger partial charge on any atom is -0.295 e. The molecule has 70 valence electrons. The van der Waals surface area contributed by atoms with Gasteiger partial charge in [-0.3, -0.25) is 4.79 Å². The predicted molar refractivity (Wildman–Crippen MR) is 55.4 cm³/mol. The van der Waals surface area contributed by atoms with Gasteiger partial charge in [-0.1, -0.05) is 30.4 Å². The van der Waals surface area contributed by atoms with E-state index in [1.165, 1.54) is 0 Å². The fourth-order valence-electron chi connectivity index (χ4n) is 1.37. The largest absolute Gasteiger partial charge is 0.295 e. The standard InChI is InChI=1S/C12H16O/c1-9(2)4-6-11-7-5-10(3)12(13)8-11/h4-6,11H,1,7-8H2,2-3H3. The third-order valence-corrected chi connectivity index (χ3v) is 2.27. The SMILES string of the molecule is C=C(C)C=CC1CC=C(C)C(=O)C1. The van der Waals surface area contributed by atoms with E-state index in [2.05, 4.69) is 12.7 Å². The molecule has 0 N–H and O–H groups in total. The van der Waals surface area contributed by atoms with Crippen LogP contribution in [0.25, 0.3) is 0 Å². The molecule has 0 aliphatic heterocycles. The Morgan fingerprint density at radius 1 is 1.69 bits per heavy atom. The monoisotopic (exact) mass is 176 g/mol. The number of allylic oxidation sites excluding steroid dienone is 5. The Bertz CT molecular complexity index is 281. The summed E-state index contributed by atoms with van der Waals surface area (Å²) in [5, 5.41) is 0. The van der Waals surface area contributed by atoms with Crippen LogP contribution in [-0.4, -0.2) is 5.78 Å². The molecule has 0 saturated carbocycles. The lowest BCUT2D eigenvalue weighted by Gasteiger charge is -2.15. The summed E-state index contributed by atoms with van der Waals surface area (Å²) in [5.41, 5.74) is 1.96. The number of ketones is 1. The van der Waals surface area contributed by atoms with Gasteiger partial charge in [-0.15, -0.1) is 0 Å². The quantitative estimate of drug-likeness (QED) is 0.591. The minimum absolute atomic E-state index is 0.280. The summed E-state index contributed by atoms with van der Waals surface area (Å²) in [6.07, 6.45) is 7.75. The van der Waals surface area contributed by atoms with Gasteiger partial charge < -0.3 is 0 Å². The normalized spacial score (nSPS) is 23.4. The molecule has 0 radical (unpaired) electrons. The van der Waals surface area contributed by atoms with E-state index in [-0.39, 0.29) is 5.78 Å². The summed E-state index contributed by atoms with van der Waals surface area (Å²) in [5.74, 6) is 0.663. The molecule has 0 aromatic carbocycles. The molecule has 1 rings (SSSR count). The van der Waals surface area contributed by atoms with Crippen LogP contribution in [0.2, 0.25) is 0 Å². The highest BCUT2D eigenvalue weighted by molar-refractivity contribution is 5.95. The second kappa shape index (κ2) is 4.22. The number of hydrogen-bond acceptors (Lipinski definition) is 1. The lowest BCUT2D eigenvalue weighted by Crippen LogP contribution is -2.12. The fourth-order valence-corrected chi connectivity index (χ4v) is 1.37. The van der Waals surface area contributed by atoms with Crippen LogP contribution in [0.3, 0.4) is 0 Å². The summed E-state index contributed by atoms with van der Waals surface area (Å²) in [7, 11) is 0. The Balaban J connectivity index is 2.58. The van der Waals surface area contributed by atoms with E-state index in [9.17, 15) is 4.79 Å². The summed E-state index contributed by atoms with van der Waals surface area (Å²) in [6, 6.07) is 0. The zero-order valence-electron chi connectivity index (χ0n) is 8.34. The Morgan fingerprint density at radius 2 is 2.38 bits per heavy atom. The van der Waals surface area contributed by atoms with Crippen molar-refractivity contribution in [3.05, 3.63) is 36.0 Å². The van der Waals surface area contributed by atoms with Crippen LogP contribution < -0.4 is 0 Å². The van der Waals surface area contributed by atoms with Crippen molar-refractivity contribution in [1.82, 2.24) is 0 Å². The molecule has 1 nitrogen and oxygen atoms in total. The fraction of sp³-hybridized carbons (Fsp3) is 0.417.